The molecule has 144 valence electrons. The number of fused-ring (bicyclic) bond motifs is 1. The molecule has 1 N–H and O–H groups in total. The zero-order chi connectivity index (χ0) is 19.5. The number of rotatable bonds is 5. The molecule has 0 aliphatic heterocycles. The highest BCUT2D eigenvalue weighted by Crippen LogP contribution is 2.45. The molecule has 1 aromatic heterocycles. The molecule has 1 aliphatic carbocycles. The minimum absolute atomic E-state index is 0.210. The van der Waals surface area contributed by atoms with Gasteiger partial charge in [-0.2, -0.15) is 0 Å². The van der Waals surface area contributed by atoms with E-state index in [1.165, 1.54) is 11.3 Å². The molecule has 0 bridgehead atoms. The average Bonchev–Trinajstić information content (AvgIpc) is 2.97. The van der Waals surface area contributed by atoms with Gasteiger partial charge in [0, 0.05) is 4.88 Å². The molecule has 0 saturated heterocycles. The van der Waals surface area contributed by atoms with E-state index in [1.54, 1.807) is 6.92 Å². The lowest BCUT2D eigenvalue weighted by Crippen LogP contribution is -2.28. The summed E-state index contributed by atoms with van der Waals surface area (Å²) in [5.74, 6) is -1.82. The number of esters is 2. The monoisotopic (exact) mass is 381 g/mol. The number of carbonyl (C=O) groups excluding carboxylic acids is 3. The summed E-state index contributed by atoms with van der Waals surface area (Å²) in [5, 5.41) is 2.90. The molecular weight excluding hydrogens is 354 g/mol. The normalized spacial score (nSPS) is 16.6. The molecule has 0 unspecified atom stereocenters. The van der Waals surface area contributed by atoms with E-state index in [-0.39, 0.29) is 12.0 Å². The number of amides is 1. The summed E-state index contributed by atoms with van der Waals surface area (Å²) in [4.78, 5) is 36.9. The molecule has 1 aliphatic rings. The van der Waals surface area contributed by atoms with Gasteiger partial charge >= 0.3 is 17.8 Å². The second-order valence-electron chi connectivity index (χ2n) is 7.16. The summed E-state index contributed by atoms with van der Waals surface area (Å²) >= 11 is 1.36. The van der Waals surface area contributed by atoms with E-state index in [1.807, 2.05) is 0 Å². The summed E-state index contributed by atoms with van der Waals surface area (Å²) in [6.45, 7) is 8.71. The van der Waals surface area contributed by atoms with Gasteiger partial charge in [-0.1, -0.05) is 27.2 Å². The Morgan fingerprint density at radius 1 is 1.27 bits per heavy atom. The number of methoxy groups -OCH3 is 1. The molecule has 26 heavy (non-hydrogen) atoms. The Labute approximate surface area is 158 Å². The van der Waals surface area contributed by atoms with Crippen molar-refractivity contribution in [3.8, 4) is 0 Å². The van der Waals surface area contributed by atoms with E-state index in [0.717, 1.165) is 43.2 Å². The van der Waals surface area contributed by atoms with Crippen LogP contribution in [0.25, 0.3) is 0 Å². The first-order valence-corrected chi connectivity index (χ1v) is 9.77. The number of anilines is 1. The van der Waals surface area contributed by atoms with Gasteiger partial charge in [-0.15, -0.1) is 11.3 Å². The number of hydrogen-bond donors (Lipinski definition) is 1. The fourth-order valence-corrected chi connectivity index (χ4v) is 4.61. The van der Waals surface area contributed by atoms with E-state index in [0.29, 0.717) is 16.5 Å². The molecule has 6 nitrogen and oxygen atoms in total. The van der Waals surface area contributed by atoms with E-state index in [4.69, 9.17) is 4.74 Å². The molecule has 0 radical (unpaired) electrons. The lowest BCUT2D eigenvalue weighted by molar-refractivity contribution is -0.150. The fourth-order valence-electron chi connectivity index (χ4n) is 3.30. The van der Waals surface area contributed by atoms with Gasteiger partial charge in [-0.25, -0.2) is 9.59 Å². The molecule has 1 amide bonds. The number of thiophene rings is 1. The van der Waals surface area contributed by atoms with E-state index < -0.39 is 17.8 Å². The predicted octanol–water partition coefficient (Wildman–Crippen LogP) is 3.58. The third kappa shape index (κ3) is 4.09. The number of ether oxygens (including phenoxy) is 2. The van der Waals surface area contributed by atoms with Gasteiger partial charge in [0.05, 0.1) is 19.3 Å². The fraction of sp³-hybridized carbons (Fsp3) is 0.632. The Morgan fingerprint density at radius 2 is 1.96 bits per heavy atom. The van der Waals surface area contributed by atoms with E-state index in [9.17, 15) is 14.4 Å². The van der Waals surface area contributed by atoms with Crippen molar-refractivity contribution in [2.75, 3.05) is 19.0 Å². The molecule has 0 aromatic carbocycles. The maximum Gasteiger partial charge on any atom is 0.396 e. The Kier molecular flexibility index (Phi) is 6.44. The minimum Gasteiger partial charge on any atom is -0.462 e. The van der Waals surface area contributed by atoms with Crippen LogP contribution in [0.15, 0.2) is 0 Å². The van der Waals surface area contributed by atoms with E-state index >= 15 is 0 Å². The molecule has 7 heteroatoms. The van der Waals surface area contributed by atoms with Crippen molar-refractivity contribution in [1.29, 1.82) is 0 Å². The van der Waals surface area contributed by atoms with Crippen molar-refractivity contribution < 1.29 is 23.9 Å². The first-order chi connectivity index (χ1) is 12.2. The quantitative estimate of drug-likeness (QED) is 0.623. The van der Waals surface area contributed by atoms with Crippen molar-refractivity contribution in [3.63, 3.8) is 0 Å². The summed E-state index contributed by atoms with van der Waals surface area (Å²) < 4.78 is 9.62. The number of nitrogens with one attached hydrogen (secondary N) is 1. The van der Waals surface area contributed by atoms with Crippen LogP contribution < -0.4 is 5.32 Å². The van der Waals surface area contributed by atoms with Crippen LogP contribution in [0.1, 0.15) is 61.3 Å². The number of hydrogen-bond acceptors (Lipinski definition) is 6. The zero-order valence-electron chi connectivity index (χ0n) is 16.1. The lowest BCUT2D eigenvalue weighted by atomic mass is 9.69. The second-order valence-corrected chi connectivity index (χ2v) is 8.26. The third-order valence-electron chi connectivity index (χ3n) is 5.36. The Morgan fingerprint density at radius 3 is 2.54 bits per heavy atom. The molecule has 2 rings (SSSR count). The molecule has 0 spiro atoms. The highest BCUT2D eigenvalue weighted by atomic mass is 32.1. The van der Waals surface area contributed by atoms with Crippen LogP contribution in [0.2, 0.25) is 0 Å². The summed E-state index contributed by atoms with van der Waals surface area (Å²) in [6, 6.07) is 0. The van der Waals surface area contributed by atoms with Gasteiger partial charge in [0.2, 0.25) is 0 Å². The molecule has 1 atom stereocenters. The van der Waals surface area contributed by atoms with Gasteiger partial charge in [-0.05, 0) is 43.1 Å². The second kappa shape index (κ2) is 8.20. The summed E-state index contributed by atoms with van der Waals surface area (Å²) in [7, 11) is 1.14. The smallest absolute Gasteiger partial charge is 0.396 e. The van der Waals surface area contributed by atoms with Gasteiger partial charge in [0.25, 0.3) is 0 Å². The summed E-state index contributed by atoms with van der Waals surface area (Å²) in [5.41, 5.74) is 1.54. The Hall–Kier alpha value is -1.89. The zero-order valence-corrected chi connectivity index (χ0v) is 16.9. The largest absolute Gasteiger partial charge is 0.462 e. The maximum absolute atomic E-state index is 12.5. The van der Waals surface area contributed by atoms with Gasteiger partial charge in [0.1, 0.15) is 5.00 Å². The van der Waals surface area contributed by atoms with Gasteiger partial charge in [0.15, 0.2) is 0 Å². The molecule has 1 heterocycles. The molecular formula is C19H27NO5S. The standard InChI is InChI=1S/C19H27NO5S/c1-6-19(3,4)11-8-9-12-13(10-11)26-16(14(12)17(22)25-7-2)20-15(21)18(23)24-5/h11H,6-10H2,1-5H3,(H,20,21)/t11-/m0/s1. The van der Waals surface area contributed by atoms with Crippen molar-refractivity contribution in [2.24, 2.45) is 11.3 Å². The van der Waals surface area contributed by atoms with Crippen LogP contribution in [0, 0.1) is 11.3 Å². The highest BCUT2D eigenvalue weighted by Gasteiger charge is 2.36. The minimum atomic E-state index is -0.990. The summed E-state index contributed by atoms with van der Waals surface area (Å²) in [6.07, 6.45) is 3.69. The highest BCUT2D eigenvalue weighted by molar-refractivity contribution is 7.17. The number of carbonyl (C=O) groups is 3. The maximum atomic E-state index is 12.5. The lowest BCUT2D eigenvalue weighted by Gasteiger charge is -2.36. The van der Waals surface area contributed by atoms with Gasteiger partial charge < -0.3 is 14.8 Å². The molecule has 0 saturated carbocycles. The van der Waals surface area contributed by atoms with Crippen LogP contribution in [0.4, 0.5) is 5.00 Å². The first kappa shape index (κ1) is 20.4. The van der Waals surface area contributed by atoms with Crippen LogP contribution in [0.3, 0.4) is 0 Å². The predicted molar refractivity (Wildman–Crippen MR) is 101 cm³/mol. The average molecular weight is 381 g/mol. The van der Waals surface area contributed by atoms with E-state index in [2.05, 4.69) is 30.8 Å². The van der Waals surface area contributed by atoms with Gasteiger partial charge in [-0.3, -0.25) is 4.79 Å². The third-order valence-corrected chi connectivity index (χ3v) is 6.53. The van der Waals surface area contributed by atoms with Crippen molar-refractivity contribution >= 4 is 34.2 Å². The SMILES string of the molecule is CCOC(=O)c1c(NC(=O)C(=O)OC)sc2c1CC[C@H](C(C)(C)CC)C2. The van der Waals surface area contributed by atoms with Crippen molar-refractivity contribution in [1.82, 2.24) is 0 Å². The molecule has 1 aromatic rings. The van der Waals surface area contributed by atoms with Crippen LogP contribution in [-0.4, -0.2) is 31.6 Å². The first-order valence-electron chi connectivity index (χ1n) is 8.96. The Bertz CT molecular complexity index is 707. The van der Waals surface area contributed by atoms with Crippen LogP contribution in [-0.2, 0) is 31.9 Å². The van der Waals surface area contributed by atoms with Crippen molar-refractivity contribution in [3.05, 3.63) is 16.0 Å². The molecule has 0 fully saturated rings. The van der Waals surface area contributed by atoms with Crippen LogP contribution >= 0.6 is 11.3 Å². The van der Waals surface area contributed by atoms with Crippen molar-refractivity contribution in [2.45, 2.75) is 53.4 Å². The Balaban J connectivity index is 2.39. The van der Waals surface area contributed by atoms with Crippen LogP contribution in [0.5, 0.6) is 0 Å². The topological polar surface area (TPSA) is 81.7 Å².